The van der Waals surface area contributed by atoms with Crippen LogP contribution in [0.1, 0.15) is 99.9 Å². The number of hydrogen-bond acceptors (Lipinski definition) is 8. The SMILES string of the molecule is CCCC(CCC)Cc1cc2c(c3c(CC(CCC)CCC)cc4c(c13)SC(=O)C=4c1ccc(-c3ccc(Cl)s3)s1)SC(=O)C=2c1ccc(-c2ccc(Cl)s2)s1. The van der Waals surface area contributed by atoms with Gasteiger partial charge < -0.3 is 0 Å². The molecule has 6 heterocycles. The lowest BCUT2D eigenvalue weighted by Gasteiger charge is -2.22. The largest absolute Gasteiger partial charge is 0.281 e. The van der Waals surface area contributed by atoms with Crippen molar-refractivity contribution < 1.29 is 9.59 Å². The number of carbonyl (C=O) groups is 2. The van der Waals surface area contributed by atoms with Gasteiger partial charge in [0.15, 0.2) is 0 Å². The summed E-state index contributed by atoms with van der Waals surface area (Å²) in [6.07, 6.45) is 11.0. The number of thioether (sulfide) groups is 2. The summed E-state index contributed by atoms with van der Waals surface area (Å²) in [6, 6.07) is 21.2. The second-order valence-electron chi connectivity index (χ2n) is 14.9. The maximum atomic E-state index is 14.4. The fraction of sp³-hybridized carbons (Fsp3) is 0.348. The molecule has 2 aromatic carbocycles. The molecule has 2 nitrogen and oxygen atoms in total. The van der Waals surface area contributed by atoms with Gasteiger partial charge in [-0.1, -0.05) is 102 Å². The van der Waals surface area contributed by atoms with Crippen LogP contribution in [0.2, 0.25) is 8.67 Å². The molecule has 8 rings (SSSR count). The zero-order valence-corrected chi connectivity index (χ0v) is 38.4. The van der Waals surface area contributed by atoms with Crippen LogP contribution in [0.15, 0.2) is 70.5 Å². The standard InChI is InChI=1S/C46H44Cl2O2S6/c1-5-9-25(10-6-2)21-27-23-29-41(35-15-13-31(51-35)33-17-19-37(47)53-33)45(49)56-44(29)40-28(22-26(11-7-3)12-8-4)24-30-42(46(50)55-43(30)39(27)40)36-16-14-32(52-36)34-18-20-38(48)54-34/h13-20,23-26H,5-12,21-22H2,1-4H3. The highest BCUT2D eigenvalue weighted by Crippen LogP contribution is 2.47. The number of fused-ring (bicyclic) bond motifs is 5. The summed E-state index contributed by atoms with van der Waals surface area (Å²) in [5.41, 5.74) is 4.19. The number of rotatable bonds is 16. The van der Waals surface area contributed by atoms with E-state index in [9.17, 15) is 9.59 Å². The molecular formula is C46H44Cl2O2S6. The predicted octanol–water partition coefficient (Wildman–Crippen LogP) is 14.9. The van der Waals surface area contributed by atoms with Crippen LogP contribution in [0, 0.1) is 11.8 Å². The first kappa shape index (κ1) is 40.6. The van der Waals surface area contributed by atoms with Gasteiger partial charge in [-0.25, -0.2) is 0 Å². The van der Waals surface area contributed by atoms with E-state index in [1.54, 1.807) is 45.3 Å². The fourth-order valence-corrected chi connectivity index (χ4v) is 15.4. The molecule has 4 aromatic heterocycles. The minimum Gasteiger partial charge on any atom is -0.281 e. The second kappa shape index (κ2) is 17.6. The molecule has 0 bridgehead atoms. The summed E-state index contributed by atoms with van der Waals surface area (Å²) in [4.78, 5) is 37.4. The Balaban J connectivity index is 1.43. The van der Waals surface area contributed by atoms with Crippen LogP contribution in [0.4, 0.5) is 0 Å². The molecular weight excluding hydrogens is 848 g/mol. The van der Waals surface area contributed by atoms with Gasteiger partial charge in [0.25, 0.3) is 0 Å². The van der Waals surface area contributed by atoms with Crippen LogP contribution in [-0.2, 0) is 22.4 Å². The molecule has 290 valence electrons. The average Bonchev–Trinajstić information content (AvgIpc) is 4.02. The lowest BCUT2D eigenvalue weighted by molar-refractivity contribution is -0.106. The van der Waals surface area contributed by atoms with Gasteiger partial charge in [0.05, 0.1) is 19.8 Å². The molecule has 6 aromatic rings. The first-order chi connectivity index (χ1) is 27.2. The molecule has 0 fully saturated rings. The van der Waals surface area contributed by atoms with Crippen LogP contribution < -0.4 is 10.4 Å². The maximum absolute atomic E-state index is 14.4. The summed E-state index contributed by atoms with van der Waals surface area (Å²) >= 11 is 22.0. The van der Waals surface area contributed by atoms with Gasteiger partial charge in [0.1, 0.15) is 0 Å². The summed E-state index contributed by atoms with van der Waals surface area (Å²) in [5, 5.41) is 4.75. The Hall–Kier alpha value is -2.14. The fourth-order valence-electron chi connectivity index (χ4n) is 8.67. The van der Waals surface area contributed by atoms with E-state index in [1.165, 1.54) is 45.4 Å². The van der Waals surface area contributed by atoms with Crippen molar-refractivity contribution in [2.24, 2.45) is 11.8 Å². The zero-order valence-electron chi connectivity index (χ0n) is 32.0. The Morgan fingerprint density at radius 1 is 0.482 bits per heavy atom. The quantitative estimate of drug-likeness (QED) is 0.0969. The summed E-state index contributed by atoms with van der Waals surface area (Å²) in [6.45, 7) is 9.14. The third-order valence-electron chi connectivity index (χ3n) is 11.0. The van der Waals surface area contributed by atoms with Crippen molar-refractivity contribution in [1.29, 1.82) is 0 Å². The van der Waals surface area contributed by atoms with Gasteiger partial charge in [-0.15, -0.1) is 45.3 Å². The van der Waals surface area contributed by atoms with E-state index in [0.29, 0.717) is 11.8 Å². The van der Waals surface area contributed by atoms with Gasteiger partial charge in [-0.3, -0.25) is 9.59 Å². The average molecular weight is 892 g/mol. The van der Waals surface area contributed by atoms with E-state index < -0.39 is 0 Å². The number of benzene rings is 2. The first-order valence-corrected chi connectivity index (χ1v) is 25.4. The van der Waals surface area contributed by atoms with E-state index >= 15 is 0 Å². The molecule has 0 amide bonds. The Labute approximate surface area is 364 Å². The molecule has 10 heteroatoms. The molecule has 0 spiro atoms. The highest BCUT2D eigenvalue weighted by Gasteiger charge is 2.34. The summed E-state index contributed by atoms with van der Waals surface area (Å²) < 4.78 is 1.52. The van der Waals surface area contributed by atoms with Gasteiger partial charge in [-0.2, -0.15) is 0 Å². The molecule has 2 aliphatic rings. The van der Waals surface area contributed by atoms with Gasteiger partial charge in [0, 0.05) is 60.3 Å². The molecule has 0 atom stereocenters. The summed E-state index contributed by atoms with van der Waals surface area (Å²) in [7, 11) is 0. The normalized spacial score (nSPS) is 14.1. The van der Waals surface area contributed by atoms with Crippen molar-refractivity contribution in [2.45, 2.75) is 102 Å². The van der Waals surface area contributed by atoms with Crippen LogP contribution >= 0.6 is 92.1 Å². The minimum atomic E-state index is 0.107. The Bertz CT molecular complexity index is 2400. The number of carbonyl (C=O) groups excluding carboxylic acids is 2. The Kier molecular flexibility index (Phi) is 12.8. The number of thiophene rings is 4. The summed E-state index contributed by atoms with van der Waals surface area (Å²) in [5.74, 6) is 1.04. The molecule has 0 radical (unpaired) electrons. The smallest absolute Gasteiger partial charge is 0.226 e. The van der Waals surface area contributed by atoms with Gasteiger partial charge in [-0.05, 0) is 120 Å². The molecule has 0 saturated carbocycles. The molecule has 0 aliphatic carbocycles. The van der Waals surface area contributed by atoms with E-state index in [4.69, 9.17) is 23.2 Å². The van der Waals surface area contributed by atoms with E-state index in [2.05, 4.69) is 76.2 Å². The molecule has 2 aliphatic heterocycles. The van der Waals surface area contributed by atoms with E-state index in [-0.39, 0.29) is 10.2 Å². The van der Waals surface area contributed by atoms with Crippen LogP contribution in [0.25, 0.3) is 41.4 Å². The van der Waals surface area contributed by atoms with Crippen LogP contribution in [-0.4, -0.2) is 10.2 Å². The highest BCUT2D eigenvalue weighted by atomic mass is 35.5. The highest BCUT2D eigenvalue weighted by molar-refractivity contribution is 8.15. The van der Waals surface area contributed by atoms with Crippen molar-refractivity contribution in [2.75, 3.05) is 0 Å². The second-order valence-corrected chi connectivity index (χ2v) is 22.5. The minimum absolute atomic E-state index is 0.107. The zero-order chi connectivity index (χ0) is 39.1. The van der Waals surface area contributed by atoms with Crippen LogP contribution in [0.3, 0.4) is 0 Å². The van der Waals surface area contributed by atoms with E-state index in [1.807, 2.05) is 12.1 Å². The number of halogens is 2. The van der Waals surface area contributed by atoms with Crippen molar-refractivity contribution in [3.8, 4) is 19.5 Å². The predicted molar refractivity (Wildman–Crippen MR) is 249 cm³/mol. The Morgan fingerprint density at radius 3 is 1.16 bits per heavy atom. The first-order valence-electron chi connectivity index (χ1n) is 19.8. The lowest BCUT2D eigenvalue weighted by atomic mass is 9.84. The Morgan fingerprint density at radius 2 is 0.821 bits per heavy atom. The van der Waals surface area contributed by atoms with Crippen molar-refractivity contribution in [3.05, 3.63) is 101 Å². The lowest BCUT2D eigenvalue weighted by Crippen LogP contribution is -2.17. The van der Waals surface area contributed by atoms with Crippen molar-refractivity contribution in [3.63, 3.8) is 0 Å². The third-order valence-corrected chi connectivity index (χ3v) is 18.0. The van der Waals surface area contributed by atoms with E-state index in [0.717, 1.165) is 134 Å². The van der Waals surface area contributed by atoms with Crippen LogP contribution in [0.5, 0.6) is 0 Å². The van der Waals surface area contributed by atoms with Gasteiger partial charge >= 0.3 is 0 Å². The molecule has 0 saturated heterocycles. The van der Waals surface area contributed by atoms with Gasteiger partial charge in [0.2, 0.25) is 10.2 Å². The maximum Gasteiger partial charge on any atom is 0.226 e. The topological polar surface area (TPSA) is 34.1 Å². The van der Waals surface area contributed by atoms with Crippen molar-refractivity contribution in [1.82, 2.24) is 0 Å². The molecule has 0 unspecified atom stereocenters. The number of hydrogen-bond donors (Lipinski definition) is 0. The monoisotopic (exact) mass is 890 g/mol. The van der Waals surface area contributed by atoms with Crippen molar-refractivity contribution >= 4 is 124 Å². The molecule has 56 heavy (non-hydrogen) atoms. The third kappa shape index (κ3) is 7.95. The molecule has 0 N–H and O–H groups in total.